The number of nitrogens with one attached hydrogen (secondary N) is 2. The van der Waals surface area contributed by atoms with Crippen molar-refractivity contribution in [3.63, 3.8) is 0 Å². The predicted octanol–water partition coefficient (Wildman–Crippen LogP) is 2.17. The van der Waals surface area contributed by atoms with Gasteiger partial charge in [0.1, 0.15) is 0 Å². The molecule has 35 heavy (non-hydrogen) atoms. The van der Waals surface area contributed by atoms with Crippen LogP contribution in [0.25, 0.3) is 0 Å². The van der Waals surface area contributed by atoms with Gasteiger partial charge in [-0.1, -0.05) is 24.3 Å². The second-order valence-electron chi connectivity index (χ2n) is 8.37. The SMILES string of the molecule is CCS(=O)(=O)N1CCN(Cc2ccc(C(=O)Nc3ccccc3C(=O)NCCCOC)cc2)CC1. The van der Waals surface area contributed by atoms with Crippen molar-refractivity contribution in [2.45, 2.75) is 19.9 Å². The Hall–Kier alpha value is -2.79. The first-order valence-corrected chi connectivity index (χ1v) is 13.4. The number of hydrogen-bond donors (Lipinski definition) is 2. The first-order chi connectivity index (χ1) is 16.8. The molecule has 0 spiro atoms. The molecule has 0 saturated carbocycles. The van der Waals surface area contributed by atoms with E-state index in [4.69, 9.17) is 4.74 Å². The Labute approximate surface area is 207 Å². The Balaban J connectivity index is 1.55. The third-order valence-corrected chi connectivity index (χ3v) is 7.82. The van der Waals surface area contributed by atoms with E-state index in [1.807, 2.05) is 12.1 Å². The van der Waals surface area contributed by atoms with Crippen molar-refractivity contribution in [2.75, 3.05) is 57.5 Å². The molecule has 9 nitrogen and oxygen atoms in total. The van der Waals surface area contributed by atoms with Crippen LogP contribution < -0.4 is 10.6 Å². The molecule has 10 heteroatoms. The van der Waals surface area contributed by atoms with E-state index in [1.54, 1.807) is 54.7 Å². The number of amides is 2. The van der Waals surface area contributed by atoms with Crippen LogP contribution in [0.5, 0.6) is 0 Å². The molecule has 1 fully saturated rings. The van der Waals surface area contributed by atoms with E-state index in [0.29, 0.717) is 69.1 Å². The zero-order valence-electron chi connectivity index (χ0n) is 20.3. The molecule has 2 aromatic rings. The van der Waals surface area contributed by atoms with E-state index in [9.17, 15) is 18.0 Å². The topological polar surface area (TPSA) is 108 Å². The average Bonchev–Trinajstić information content (AvgIpc) is 2.87. The Morgan fingerprint density at radius 2 is 1.66 bits per heavy atom. The van der Waals surface area contributed by atoms with Crippen molar-refractivity contribution in [1.82, 2.24) is 14.5 Å². The van der Waals surface area contributed by atoms with Crippen LogP contribution in [-0.2, 0) is 21.3 Å². The number of methoxy groups -OCH3 is 1. The second kappa shape index (κ2) is 12.8. The van der Waals surface area contributed by atoms with Crippen LogP contribution in [0.3, 0.4) is 0 Å². The number of carbonyl (C=O) groups is 2. The van der Waals surface area contributed by atoms with Gasteiger partial charge in [-0.2, -0.15) is 4.31 Å². The van der Waals surface area contributed by atoms with E-state index in [-0.39, 0.29) is 17.6 Å². The van der Waals surface area contributed by atoms with E-state index in [2.05, 4.69) is 15.5 Å². The minimum atomic E-state index is -3.14. The summed E-state index contributed by atoms with van der Waals surface area (Å²) >= 11 is 0. The number of piperazine rings is 1. The van der Waals surface area contributed by atoms with Crippen LogP contribution in [0.2, 0.25) is 0 Å². The standard InChI is InChI=1S/C25H34N4O5S/c1-3-35(32,33)29-16-14-28(15-17-29)19-20-9-11-21(12-10-20)24(30)27-23-8-5-4-7-22(23)25(31)26-13-6-18-34-2/h4-5,7-12H,3,6,13-19H2,1-2H3,(H,26,31)(H,27,30). The van der Waals surface area contributed by atoms with Gasteiger partial charge in [0.2, 0.25) is 10.0 Å². The molecular formula is C25H34N4O5S. The molecule has 0 aromatic heterocycles. The molecule has 1 heterocycles. The normalized spacial score (nSPS) is 15.0. The summed E-state index contributed by atoms with van der Waals surface area (Å²) < 4.78 is 30.6. The van der Waals surface area contributed by atoms with Gasteiger partial charge < -0.3 is 15.4 Å². The van der Waals surface area contributed by atoms with Crippen molar-refractivity contribution in [3.05, 3.63) is 65.2 Å². The van der Waals surface area contributed by atoms with Gasteiger partial charge in [-0.15, -0.1) is 0 Å². The van der Waals surface area contributed by atoms with Gasteiger partial charge in [0.15, 0.2) is 0 Å². The number of ether oxygens (including phenoxy) is 1. The molecule has 1 aliphatic rings. The van der Waals surface area contributed by atoms with Crippen LogP contribution in [-0.4, -0.2) is 81.6 Å². The monoisotopic (exact) mass is 502 g/mol. The molecule has 2 aromatic carbocycles. The highest BCUT2D eigenvalue weighted by Gasteiger charge is 2.25. The summed E-state index contributed by atoms with van der Waals surface area (Å²) in [6.07, 6.45) is 0.705. The molecule has 0 unspecified atom stereocenters. The number of anilines is 1. The third-order valence-electron chi connectivity index (χ3n) is 5.94. The van der Waals surface area contributed by atoms with Gasteiger partial charge in [-0.05, 0) is 43.2 Å². The van der Waals surface area contributed by atoms with Crippen LogP contribution in [0.15, 0.2) is 48.5 Å². The number of para-hydroxylation sites is 1. The minimum absolute atomic E-state index is 0.125. The molecule has 190 valence electrons. The molecule has 0 radical (unpaired) electrons. The fraction of sp³-hybridized carbons (Fsp3) is 0.440. The summed E-state index contributed by atoms with van der Waals surface area (Å²) in [4.78, 5) is 27.6. The predicted molar refractivity (Wildman–Crippen MR) is 136 cm³/mol. The highest BCUT2D eigenvalue weighted by molar-refractivity contribution is 7.89. The van der Waals surface area contributed by atoms with Crippen LogP contribution in [0, 0.1) is 0 Å². The summed E-state index contributed by atoms with van der Waals surface area (Å²) in [7, 11) is -1.53. The molecule has 0 bridgehead atoms. The van der Waals surface area contributed by atoms with Gasteiger partial charge in [0, 0.05) is 58.5 Å². The van der Waals surface area contributed by atoms with Crippen molar-refractivity contribution < 1.29 is 22.7 Å². The molecule has 3 rings (SSSR count). The molecule has 0 atom stereocenters. The molecule has 2 amide bonds. The smallest absolute Gasteiger partial charge is 0.255 e. The lowest BCUT2D eigenvalue weighted by atomic mass is 10.1. The van der Waals surface area contributed by atoms with Gasteiger partial charge in [0.25, 0.3) is 11.8 Å². The maximum absolute atomic E-state index is 12.8. The maximum Gasteiger partial charge on any atom is 0.255 e. The van der Waals surface area contributed by atoms with Crippen molar-refractivity contribution in [2.24, 2.45) is 0 Å². The highest BCUT2D eigenvalue weighted by Crippen LogP contribution is 2.17. The lowest BCUT2D eigenvalue weighted by Crippen LogP contribution is -2.48. The number of nitrogens with zero attached hydrogens (tertiary/aromatic N) is 2. The van der Waals surface area contributed by atoms with E-state index < -0.39 is 10.0 Å². The van der Waals surface area contributed by atoms with Crippen LogP contribution in [0.1, 0.15) is 39.6 Å². The van der Waals surface area contributed by atoms with Gasteiger partial charge in [0.05, 0.1) is 17.0 Å². The molecule has 1 aliphatic heterocycles. The third kappa shape index (κ3) is 7.60. The second-order valence-corrected chi connectivity index (χ2v) is 10.6. The number of benzene rings is 2. The van der Waals surface area contributed by atoms with Crippen LogP contribution in [0.4, 0.5) is 5.69 Å². The summed E-state index contributed by atoms with van der Waals surface area (Å²) in [6, 6.07) is 14.2. The maximum atomic E-state index is 12.8. The summed E-state index contributed by atoms with van der Waals surface area (Å²) in [5.41, 5.74) is 2.39. The molecule has 1 saturated heterocycles. The Morgan fingerprint density at radius 1 is 0.971 bits per heavy atom. The largest absolute Gasteiger partial charge is 0.385 e. The Kier molecular flexibility index (Phi) is 9.79. The molecular weight excluding hydrogens is 468 g/mol. The lowest BCUT2D eigenvalue weighted by molar-refractivity contribution is 0.0949. The van der Waals surface area contributed by atoms with Crippen LogP contribution >= 0.6 is 0 Å². The Bertz CT molecular complexity index is 1100. The number of rotatable bonds is 11. The highest BCUT2D eigenvalue weighted by atomic mass is 32.2. The number of carbonyl (C=O) groups excluding carboxylic acids is 2. The summed E-state index contributed by atoms with van der Waals surface area (Å²) in [6.45, 7) is 5.74. The summed E-state index contributed by atoms with van der Waals surface area (Å²) in [5, 5.41) is 5.67. The summed E-state index contributed by atoms with van der Waals surface area (Å²) in [5.74, 6) is -0.422. The van der Waals surface area contributed by atoms with E-state index in [0.717, 1.165) is 5.56 Å². The van der Waals surface area contributed by atoms with E-state index >= 15 is 0 Å². The fourth-order valence-electron chi connectivity index (χ4n) is 3.87. The van der Waals surface area contributed by atoms with E-state index in [1.165, 1.54) is 0 Å². The quantitative estimate of drug-likeness (QED) is 0.456. The minimum Gasteiger partial charge on any atom is -0.385 e. The van der Waals surface area contributed by atoms with Crippen molar-refractivity contribution in [3.8, 4) is 0 Å². The first-order valence-electron chi connectivity index (χ1n) is 11.8. The zero-order chi connectivity index (χ0) is 25.3. The van der Waals surface area contributed by atoms with Crippen molar-refractivity contribution >= 4 is 27.5 Å². The first kappa shape index (κ1) is 26.8. The fourth-order valence-corrected chi connectivity index (χ4v) is 4.95. The van der Waals surface area contributed by atoms with Gasteiger partial charge >= 0.3 is 0 Å². The Morgan fingerprint density at radius 3 is 2.31 bits per heavy atom. The number of hydrogen-bond acceptors (Lipinski definition) is 6. The molecule has 2 N–H and O–H groups in total. The average molecular weight is 503 g/mol. The lowest BCUT2D eigenvalue weighted by Gasteiger charge is -2.33. The van der Waals surface area contributed by atoms with Crippen molar-refractivity contribution in [1.29, 1.82) is 0 Å². The zero-order valence-corrected chi connectivity index (χ0v) is 21.1. The molecule has 0 aliphatic carbocycles. The number of sulfonamides is 1. The van der Waals surface area contributed by atoms with Gasteiger partial charge in [-0.25, -0.2) is 8.42 Å². The van der Waals surface area contributed by atoms with Gasteiger partial charge in [-0.3, -0.25) is 14.5 Å².